The molecule has 1 spiro atoms. The van der Waals surface area contributed by atoms with Gasteiger partial charge >= 0.3 is 0 Å². The Morgan fingerprint density at radius 1 is 0.941 bits per heavy atom. The number of aliphatic hydroxyl groups excluding tert-OH is 2. The Labute approximate surface area is 104 Å². The average molecular weight is 238 g/mol. The lowest BCUT2D eigenvalue weighted by atomic mass is 9.49. The fourth-order valence-electron chi connectivity index (χ4n) is 5.56. The molecule has 0 aromatic heterocycles. The van der Waals surface area contributed by atoms with Crippen molar-refractivity contribution in [3.63, 3.8) is 0 Å². The van der Waals surface area contributed by atoms with Gasteiger partial charge in [-0.05, 0) is 55.3 Å². The molecule has 2 nitrogen and oxygen atoms in total. The highest BCUT2D eigenvalue weighted by atomic mass is 16.3. The van der Waals surface area contributed by atoms with Gasteiger partial charge in [0.2, 0.25) is 0 Å². The molecule has 98 valence electrons. The van der Waals surface area contributed by atoms with Crippen LogP contribution in [0.1, 0.15) is 59.3 Å². The van der Waals surface area contributed by atoms with Crippen LogP contribution in [-0.2, 0) is 0 Å². The first-order valence-corrected chi connectivity index (χ1v) is 7.16. The molecule has 0 aromatic carbocycles. The molecular weight excluding hydrogens is 212 g/mol. The van der Waals surface area contributed by atoms with Gasteiger partial charge in [0.15, 0.2) is 0 Å². The summed E-state index contributed by atoms with van der Waals surface area (Å²) in [5, 5.41) is 20.8. The van der Waals surface area contributed by atoms with Crippen LogP contribution in [0.2, 0.25) is 0 Å². The standard InChI is InChI=1S/C15H26O2/c1-13(2)8-12(17)15-7-5-11(16)14(3,9-15)6-4-10(13)15/h10-12,16-17H,4-9H2,1-3H3/t10-,11-,12-,14-,15+/m0/s1. The summed E-state index contributed by atoms with van der Waals surface area (Å²) in [6.07, 6.45) is 5.94. The first-order chi connectivity index (χ1) is 7.80. The lowest BCUT2D eigenvalue weighted by molar-refractivity contribution is -0.144. The summed E-state index contributed by atoms with van der Waals surface area (Å²) in [5.41, 5.74) is 0.467. The lowest BCUT2D eigenvalue weighted by Crippen LogP contribution is -2.54. The molecule has 0 aromatic rings. The summed E-state index contributed by atoms with van der Waals surface area (Å²) in [6.45, 7) is 6.87. The van der Waals surface area contributed by atoms with Crippen molar-refractivity contribution in [1.82, 2.24) is 0 Å². The number of aliphatic hydroxyl groups is 2. The van der Waals surface area contributed by atoms with Crippen LogP contribution < -0.4 is 0 Å². The van der Waals surface area contributed by atoms with E-state index in [-0.39, 0.29) is 28.5 Å². The van der Waals surface area contributed by atoms with E-state index >= 15 is 0 Å². The van der Waals surface area contributed by atoms with Gasteiger partial charge in [0.05, 0.1) is 12.2 Å². The smallest absolute Gasteiger partial charge is 0.0604 e. The summed E-state index contributed by atoms with van der Waals surface area (Å²) in [4.78, 5) is 0. The SMILES string of the molecule is CC1(C)C[C@H](O)[C@@]23CC[C@H](O)[C@@](C)(CC[C@@H]12)C3. The van der Waals surface area contributed by atoms with E-state index in [0.717, 1.165) is 32.1 Å². The monoisotopic (exact) mass is 238 g/mol. The van der Waals surface area contributed by atoms with Crippen LogP contribution in [0.5, 0.6) is 0 Å². The van der Waals surface area contributed by atoms with Crippen LogP contribution in [0.4, 0.5) is 0 Å². The second kappa shape index (κ2) is 3.27. The van der Waals surface area contributed by atoms with E-state index in [1.807, 2.05) is 0 Å². The molecule has 0 saturated heterocycles. The van der Waals surface area contributed by atoms with Gasteiger partial charge < -0.3 is 10.2 Å². The summed E-state index contributed by atoms with van der Waals surface area (Å²) in [5.74, 6) is 0.658. The number of rotatable bonds is 0. The van der Waals surface area contributed by atoms with Crippen LogP contribution >= 0.6 is 0 Å². The second-order valence-electron chi connectivity index (χ2n) is 7.92. The highest BCUT2D eigenvalue weighted by Crippen LogP contribution is 2.68. The van der Waals surface area contributed by atoms with Crippen molar-refractivity contribution in [2.24, 2.45) is 22.2 Å². The quantitative estimate of drug-likeness (QED) is 0.681. The van der Waals surface area contributed by atoms with Gasteiger partial charge in [-0.2, -0.15) is 0 Å². The van der Waals surface area contributed by atoms with Crippen LogP contribution in [0.3, 0.4) is 0 Å². The zero-order chi connectivity index (χ0) is 12.5. The van der Waals surface area contributed by atoms with Gasteiger partial charge in [0.1, 0.15) is 0 Å². The summed E-state index contributed by atoms with van der Waals surface area (Å²) in [6, 6.07) is 0. The summed E-state index contributed by atoms with van der Waals surface area (Å²) >= 11 is 0. The minimum absolute atomic E-state index is 0.0656. The van der Waals surface area contributed by atoms with E-state index in [4.69, 9.17) is 0 Å². The van der Waals surface area contributed by atoms with Crippen molar-refractivity contribution >= 4 is 0 Å². The van der Waals surface area contributed by atoms with Gasteiger partial charge in [-0.1, -0.05) is 20.8 Å². The van der Waals surface area contributed by atoms with Crippen molar-refractivity contribution in [2.45, 2.75) is 71.5 Å². The molecule has 0 amide bonds. The third-order valence-corrected chi connectivity index (χ3v) is 6.45. The molecule has 3 saturated carbocycles. The fourth-order valence-corrected chi connectivity index (χ4v) is 5.56. The number of hydrogen-bond acceptors (Lipinski definition) is 2. The highest BCUT2D eigenvalue weighted by Gasteiger charge is 2.64. The first kappa shape index (κ1) is 12.0. The molecule has 17 heavy (non-hydrogen) atoms. The van der Waals surface area contributed by atoms with Crippen molar-refractivity contribution in [3.8, 4) is 0 Å². The van der Waals surface area contributed by atoms with Crippen LogP contribution in [0.15, 0.2) is 0 Å². The van der Waals surface area contributed by atoms with Crippen LogP contribution in [0.25, 0.3) is 0 Å². The van der Waals surface area contributed by atoms with E-state index in [1.165, 1.54) is 6.42 Å². The zero-order valence-corrected chi connectivity index (χ0v) is 11.4. The van der Waals surface area contributed by atoms with E-state index in [1.54, 1.807) is 0 Å². The Bertz CT molecular complexity index is 338. The maximum absolute atomic E-state index is 10.6. The van der Waals surface area contributed by atoms with Gasteiger partial charge in [0.25, 0.3) is 0 Å². The summed E-state index contributed by atoms with van der Waals surface area (Å²) < 4.78 is 0. The predicted octanol–water partition coefficient (Wildman–Crippen LogP) is 2.72. The van der Waals surface area contributed by atoms with Crippen molar-refractivity contribution in [1.29, 1.82) is 0 Å². The van der Waals surface area contributed by atoms with Crippen molar-refractivity contribution in [3.05, 3.63) is 0 Å². The zero-order valence-electron chi connectivity index (χ0n) is 11.4. The summed E-state index contributed by atoms with van der Waals surface area (Å²) in [7, 11) is 0. The molecule has 2 N–H and O–H groups in total. The topological polar surface area (TPSA) is 40.5 Å². The normalized spacial score (nSPS) is 56.6. The van der Waals surface area contributed by atoms with Crippen LogP contribution in [0, 0.1) is 22.2 Å². The first-order valence-electron chi connectivity index (χ1n) is 7.16. The van der Waals surface area contributed by atoms with Gasteiger partial charge in [0, 0.05) is 5.41 Å². The highest BCUT2D eigenvalue weighted by molar-refractivity contribution is 5.14. The lowest BCUT2D eigenvalue weighted by Gasteiger charge is -2.57. The van der Waals surface area contributed by atoms with E-state index in [2.05, 4.69) is 20.8 Å². The number of hydrogen-bond donors (Lipinski definition) is 2. The van der Waals surface area contributed by atoms with Gasteiger partial charge in [-0.15, -0.1) is 0 Å². The number of fused-ring (bicyclic) bond motifs is 1. The molecular formula is C15H26O2. The fraction of sp³-hybridized carbons (Fsp3) is 1.00. The third-order valence-electron chi connectivity index (χ3n) is 6.45. The van der Waals surface area contributed by atoms with Gasteiger partial charge in [-0.3, -0.25) is 0 Å². The van der Waals surface area contributed by atoms with Crippen molar-refractivity contribution in [2.75, 3.05) is 0 Å². The van der Waals surface area contributed by atoms with Crippen LogP contribution in [-0.4, -0.2) is 22.4 Å². The predicted molar refractivity (Wildman–Crippen MR) is 67.5 cm³/mol. The van der Waals surface area contributed by atoms with Gasteiger partial charge in [-0.25, -0.2) is 0 Å². The molecule has 0 unspecified atom stereocenters. The van der Waals surface area contributed by atoms with Crippen molar-refractivity contribution < 1.29 is 10.2 Å². The average Bonchev–Trinajstić information content (AvgIpc) is 2.41. The molecule has 5 atom stereocenters. The second-order valence-corrected chi connectivity index (χ2v) is 7.92. The van der Waals surface area contributed by atoms with E-state index in [0.29, 0.717) is 5.92 Å². The molecule has 3 fully saturated rings. The Hall–Kier alpha value is -0.0800. The minimum Gasteiger partial charge on any atom is -0.393 e. The Balaban J connectivity index is 2.00. The molecule has 3 rings (SSSR count). The largest absolute Gasteiger partial charge is 0.393 e. The maximum atomic E-state index is 10.6. The minimum atomic E-state index is -0.148. The molecule has 2 bridgehead atoms. The Morgan fingerprint density at radius 2 is 1.65 bits per heavy atom. The molecule has 3 aliphatic rings. The third kappa shape index (κ3) is 1.40. The maximum Gasteiger partial charge on any atom is 0.0604 e. The Morgan fingerprint density at radius 3 is 2.35 bits per heavy atom. The molecule has 0 radical (unpaired) electrons. The van der Waals surface area contributed by atoms with E-state index in [9.17, 15) is 10.2 Å². The molecule has 0 heterocycles. The van der Waals surface area contributed by atoms with E-state index < -0.39 is 0 Å². The Kier molecular flexibility index (Phi) is 2.30. The molecule has 0 aliphatic heterocycles. The molecule has 3 aliphatic carbocycles. The molecule has 2 heteroatoms.